The summed E-state index contributed by atoms with van der Waals surface area (Å²) in [7, 11) is 1.62. The molecular weight excluding hydrogens is 275 g/mol. The molecule has 1 aliphatic rings. The molecule has 0 unspecified atom stereocenters. The quantitative estimate of drug-likeness (QED) is 0.770. The van der Waals surface area contributed by atoms with E-state index in [1.807, 2.05) is 19.1 Å². The molecule has 2 rings (SSSR count). The van der Waals surface area contributed by atoms with E-state index in [1.165, 1.54) is 0 Å². The summed E-state index contributed by atoms with van der Waals surface area (Å²) in [5.74, 6) is 0.497. The summed E-state index contributed by atoms with van der Waals surface area (Å²) < 4.78 is 16.9. The van der Waals surface area contributed by atoms with Gasteiger partial charge in [0.2, 0.25) is 5.79 Å². The SMILES string of the molecule is COc1ccc(Cl)cc1C1(CCCCl)OC(C)O1. The molecule has 1 saturated heterocycles. The van der Waals surface area contributed by atoms with E-state index in [2.05, 4.69) is 0 Å². The van der Waals surface area contributed by atoms with Gasteiger partial charge in [0.15, 0.2) is 6.29 Å². The minimum Gasteiger partial charge on any atom is -0.496 e. The third-order valence-corrected chi connectivity index (χ3v) is 3.43. The number of benzene rings is 1. The maximum absolute atomic E-state index is 6.04. The van der Waals surface area contributed by atoms with Crippen LogP contribution < -0.4 is 4.74 Å². The van der Waals surface area contributed by atoms with Crippen LogP contribution in [-0.4, -0.2) is 19.3 Å². The number of hydrogen-bond acceptors (Lipinski definition) is 3. The van der Waals surface area contributed by atoms with Crippen molar-refractivity contribution in [1.82, 2.24) is 0 Å². The van der Waals surface area contributed by atoms with E-state index in [0.717, 1.165) is 12.0 Å². The predicted molar refractivity (Wildman–Crippen MR) is 71.3 cm³/mol. The molecule has 0 amide bonds. The molecule has 0 N–H and O–H groups in total. The van der Waals surface area contributed by atoms with Crippen molar-refractivity contribution >= 4 is 23.2 Å². The summed E-state index contributed by atoms with van der Waals surface area (Å²) in [4.78, 5) is 0. The van der Waals surface area contributed by atoms with E-state index in [0.29, 0.717) is 23.1 Å². The molecule has 1 heterocycles. The molecule has 0 aliphatic carbocycles. The lowest BCUT2D eigenvalue weighted by Crippen LogP contribution is -2.49. The maximum atomic E-state index is 6.04. The normalized spacial score (nSPS) is 26.8. The number of alkyl halides is 1. The largest absolute Gasteiger partial charge is 0.496 e. The second kappa shape index (κ2) is 5.66. The molecule has 18 heavy (non-hydrogen) atoms. The average Bonchev–Trinajstić information content (AvgIpc) is 2.33. The van der Waals surface area contributed by atoms with Gasteiger partial charge in [0, 0.05) is 17.3 Å². The van der Waals surface area contributed by atoms with Crippen molar-refractivity contribution in [2.45, 2.75) is 31.8 Å². The van der Waals surface area contributed by atoms with Gasteiger partial charge in [-0.3, -0.25) is 0 Å². The van der Waals surface area contributed by atoms with E-state index in [1.54, 1.807) is 13.2 Å². The molecule has 1 aromatic rings. The molecule has 0 saturated carbocycles. The van der Waals surface area contributed by atoms with Crippen LogP contribution in [0.1, 0.15) is 25.3 Å². The molecule has 0 bridgehead atoms. The van der Waals surface area contributed by atoms with E-state index >= 15 is 0 Å². The Kier molecular flexibility index (Phi) is 4.38. The molecule has 1 aromatic carbocycles. The van der Waals surface area contributed by atoms with Crippen LogP contribution in [-0.2, 0) is 15.3 Å². The minimum atomic E-state index is -0.773. The standard InChI is InChI=1S/C13H16Cl2O3/c1-9-17-13(18-9,6-3-7-14)11-8-10(15)4-5-12(11)16-2/h4-5,8-9H,3,6-7H2,1-2H3. The first-order valence-electron chi connectivity index (χ1n) is 5.87. The average molecular weight is 291 g/mol. The third kappa shape index (κ3) is 2.59. The van der Waals surface area contributed by atoms with Gasteiger partial charge >= 0.3 is 0 Å². The van der Waals surface area contributed by atoms with Gasteiger partial charge in [0.1, 0.15) is 5.75 Å². The minimum absolute atomic E-state index is 0.219. The van der Waals surface area contributed by atoms with Crippen molar-refractivity contribution in [3.63, 3.8) is 0 Å². The van der Waals surface area contributed by atoms with Crippen LogP contribution in [0.25, 0.3) is 0 Å². The Hall–Kier alpha value is -0.480. The first-order chi connectivity index (χ1) is 8.61. The van der Waals surface area contributed by atoms with Crippen molar-refractivity contribution in [2.24, 2.45) is 0 Å². The lowest BCUT2D eigenvalue weighted by Gasteiger charge is -2.47. The Morgan fingerprint density at radius 1 is 1.39 bits per heavy atom. The summed E-state index contributed by atoms with van der Waals surface area (Å²) >= 11 is 11.8. The van der Waals surface area contributed by atoms with Gasteiger partial charge in [-0.05, 0) is 31.5 Å². The fraction of sp³-hybridized carbons (Fsp3) is 0.538. The molecular formula is C13H16Cl2O3. The van der Waals surface area contributed by atoms with Crippen molar-refractivity contribution in [2.75, 3.05) is 13.0 Å². The lowest BCUT2D eigenvalue weighted by atomic mass is 9.98. The Balaban J connectivity index is 2.33. The fourth-order valence-electron chi connectivity index (χ4n) is 2.20. The van der Waals surface area contributed by atoms with Crippen molar-refractivity contribution in [3.05, 3.63) is 28.8 Å². The lowest BCUT2D eigenvalue weighted by molar-refractivity contribution is -0.458. The second-order valence-corrected chi connectivity index (χ2v) is 5.01. The molecule has 0 radical (unpaired) electrons. The monoisotopic (exact) mass is 290 g/mol. The van der Waals surface area contributed by atoms with Crippen LogP contribution in [0.4, 0.5) is 0 Å². The highest BCUT2D eigenvalue weighted by molar-refractivity contribution is 6.30. The zero-order chi connectivity index (χ0) is 13.2. The molecule has 1 aliphatic heterocycles. The van der Waals surface area contributed by atoms with Crippen LogP contribution in [0.2, 0.25) is 5.02 Å². The van der Waals surface area contributed by atoms with Crippen molar-refractivity contribution in [1.29, 1.82) is 0 Å². The number of rotatable bonds is 5. The number of hydrogen-bond donors (Lipinski definition) is 0. The van der Waals surface area contributed by atoms with E-state index in [-0.39, 0.29) is 6.29 Å². The number of halogens is 2. The van der Waals surface area contributed by atoms with Gasteiger partial charge in [0.25, 0.3) is 0 Å². The molecule has 5 heteroatoms. The Morgan fingerprint density at radius 2 is 2.11 bits per heavy atom. The Labute approximate surface area is 117 Å². The highest BCUT2D eigenvalue weighted by atomic mass is 35.5. The molecule has 0 aromatic heterocycles. The fourth-order valence-corrected chi connectivity index (χ4v) is 2.51. The third-order valence-electron chi connectivity index (χ3n) is 2.92. The van der Waals surface area contributed by atoms with Gasteiger partial charge in [-0.15, -0.1) is 11.6 Å². The summed E-state index contributed by atoms with van der Waals surface area (Å²) in [5.41, 5.74) is 0.820. The van der Waals surface area contributed by atoms with Crippen molar-refractivity contribution < 1.29 is 14.2 Å². The number of ether oxygens (including phenoxy) is 3. The second-order valence-electron chi connectivity index (χ2n) is 4.19. The molecule has 0 atom stereocenters. The zero-order valence-electron chi connectivity index (χ0n) is 10.4. The first-order valence-corrected chi connectivity index (χ1v) is 6.78. The van der Waals surface area contributed by atoms with Crippen LogP contribution in [0, 0.1) is 0 Å². The van der Waals surface area contributed by atoms with Gasteiger partial charge in [-0.2, -0.15) is 0 Å². The summed E-state index contributed by atoms with van der Waals surface area (Å²) in [6, 6.07) is 5.41. The van der Waals surface area contributed by atoms with Crippen LogP contribution >= 0.6 is 23.2 Å². The summed E-state index contributed by atoms with van der Waals surface area (Å²) in [6.45, 7) is 1.86. The van der Waals surface area contributed by atoms with Crippen LogP contribution in [0.5, 0.6) is 5.75 Å². The summed E-state index contributed by atoms with van der Waals surface area (Å²) in [5, 5.41) is 0.628. The smallest absolute Gasteiger partial charge is 0.204 e. The maximum Gasteiger partial charge on any atom is 0.204 e. The van der Waals surface area contributed by atoms with Crippen molar-refractivity contribution in [3.8, 4) is 5.75 Å². The van der Waals surface area contributed by atoms with Gasteiger partial charge in [-0.25, -0.2) is 0 Å². The first kappa shape index (κ1) is 13.9. The van der Waals surface area contributed by atoms with Crippen LogP contribution in [0.3, 0.4) is 0 Å². The van der Waals surface area contributed by atoms with E-state index in [9.17, 15) is 0 Å². The topological polar surface area (TPSA) is 27.7 Å². The molecule has 3 nitrogen and oxygen atoms in total. The molecule has 100 valence electrons. The predicted octanol–water partition coefficient (Wildman–Crippen LogP) is 3.91. The van der Waals surface area contributed by atoms with Gasteiger partial charge in [-0.1, -0.05) is 11.6 Å². The van der Waals surface area contributed by atoms with Gasteiger partial charge in [0.05, 0.1) is 12.7 Å². The highest BCUT2D eigenvalue weighted by Crippen LogP contribution is 2.46. The van der Waals surface area contributed by atoms with Crippen LogP contribution in [0.15, 0.2) is 18.2 Å². The Bertz CT molecular complexity index is 417. The van der Waals surface area contributed by atoms with E-state index in [4.69, 9.17) is 37.4 Å². The molecule has 1 fully saturated rings. The Morgan fingerprint density at radius 3 is 2.67 bits per heavy atom. The van der Waals surface area contributed by atoms with E-state index < -0.39 is 5.79 Å². The zero-order valence-corrected chi connectivity index (χ0v) is 11.9. The van der Waals surface area contributed by atoms with Gasteiger partial charge < -0.3 is 14.2 Å². The summed E-state index contributed by atoms with van der Waals surface area (Å²) in [6.07, 6.45) is 1.26. The highest BCUT2D eigenvalue weighted by Gasteiger charge is 2.47. The molecule has 0 spiro atoms. The number of methoxy groups -OCH3 is 1.